The van der Waals surface area contributed by atoms with Gasteiger partial charge in [-0.05, 0) is 31.2 Å². The number of hydrogen-bond donors (Lipinski definition) is 1. The van der Waals surface area contributed by atoms with Gasteiger partial charge in [0.15, 0.2) is 0 Å². The Kier molecular flexibility index (Phi) is 4.46. The van der Waals surface area contributed by atoms with Crippen LogP contribution in [0.1, 0.15) is 23.1 Å². The third kappa shape index (κ3) is 3.22. The van der Waals surface area contributed by atoms with E-state index in [0.717, 1.165) is 22.3 Å². The highest BCUT2D eigenvalue weighted by atomic mass is 16.5. The van der Waals surface area contributed by atoms with Crippen LogP contribution in [0.2, 0.25) is 0 Å². The van der Waals surface area contributed by atoms with Crippen molar-refractivity contribution in [3.8, 4) is 5.75 Å². The van der Waals surface area contributed by atoms with E-state index >= 15 is 0 Å². The predicted octanol–water partition coefficient (Wildman–Crippen LogP) is 2.67. The number of hydrogen-bond acceptors (Lipinski definition) is 4. The van der Waals surface area contributed by atoms with E-state index in [1.54, 1.807) is 37.6 Å². The van der Waals surface area contributed by atoms with Crippen LogP contribution in [0.5, 0.6) is 5.75 Å². The van der Waals surface area contributed by atoms with Crippen LogP contribution >= 0.6 is 0 Å². The van der Waals surface area contributed by atoms with Gasteiger partial charge in [0.25, 0.3) is 5.91 Å². The number of amides is 1. The van der Waals surface area contributed by atoms with E-state index in [0.29, 0.717) is 12.1 Å². The average Bonchev–Trinajstić information content (AvgIpc) is 3.04. The van der Waals surface area contributed by atoms with Crippen molar-refractivity contribution in [1.29, 1.82) is 0 Å². The zero-order valence-electron chi connectivity index (χ0n) is 14.0. The van der Waals surface area contributed by atoms with Crippen LogP contribution in [-0.2, 0) is 6.42 Å². The van der Waals surface area contributed by atoms with Crippen LogP contribution in [0.15, 0.2) is 42.9 Å². The Bertz CT molecular complexity index is 845. The number of nitrogens with one attached hydrogen (secondary N) is 1. The molecule has 24 heavy (non-hydrogen) atoms. The Labute approximate surface area is 140 Å². The first kappa shape index (κ1) is 16.0. The van der Waals surface area contributed by atoms with Crippen LogP contribution in [-0.4, -0.2) is 46.0 Å². The minimum Gasteiger partial charge on any atom is -0.497 e. The summed E-state index contributed by atoms with van der Waals surface area (Å²) in [5.74, 6) is 0.714. The van der Waals surface area contributed by atoms with Crippen molar-refractivity contribution in [1.82, 2.24) is 19.9 Å². The Morgan fingerprint density at radius 2 is 2.17 bits per heavy atom. The number of H-pyrrole nitrogens is 1. The summed E-state index contributed by atoms with van der Waals surface area (Å²) in [6.45, 7) is 2.00. The lowest BCUT2D eigenvalue weighted by atomic mass is 10.1. The van der Waals surface area contributed by atoms with Crippen LogP contribution in [0.25, 0.3) is 10.9 Å². The first-order valence-electron chi connectivity index (χ1n) is 7.77. The van der Waals surface area contributed by atoms with Crippen LogP contribution in [0.3, 0.4) is 0 Å². The predicted molar refractivity (Wildman–Crippen MR) is 92.1 cm³/mol. The lowest BCUT2D eigenvalue weighted by molar-refractivity contribution is 0.0738. The number of nitrogens with zero attached hydrogens (tertiary/aromatic N) is 3. The van der Waals surface area contributed by atoms with Crippen molar-refractivity contribution >= 4 is 16.8 Å². The molecule has 0 spiro atoms. The van der Waals surface area contributed by atoms with Gasteiger partial charge in [0.1, 0.15) is 11.4 Å². The van der Waals surface area contributed by atoms with E-state index in [1.807, 2.05) is 31.2 Å². The molecule has 0 fully saturated rings. The number of aromatic amines is 1. The molecule has 1 N–H and O–H groups in total. The number of fused-ring (bicyclic) bond motifs is 1. The number of carbonyl (C=O) groups is 1. The molecule has 3 aromatic rings. The summed E-state index contributed by atoms with van der Waals surface area (Å²) in [5.41, 5.74) is 2.34. The lowest BCUT2D eigenvalue weighted by Crippen LogP contribution is -2.36. The molecule has 6 heteroatoms. The fourth-order valence-corrected chi connectivity index (χ4v) is 2.62. The number of likely N-dealkylation sites (N-methyl/N-ethyl adjacent to an activating group) is 1. The van der Waals surface area contributed by atoms with Crippen molar-refractivity contribution in [3.63, 3.8) is 0 Å². The summed E-state index contributed by atoms with van der Waals surface area (Å²) in [6.07, 6.45) is 5.69. The molecule has 0 aliphatic heterocycles. The zero-order valence-corrected chi connectivity index (χ0v) is 14.0. The second-order valence-electron chi connectivity index (χ2n) is 5.80. The van der Waals surface area contributed by atoms with Crippen LogP contribution < -0.4 is 4.74 Å². The smallest absolute Gasteiger partial charge is 0.270 e. The molecule has 2 aromatic heterocycles. The first-order chi connectivity index (χ1) is 11.6. The molecule has 0 aliphatic carbocycles. The van der Waals surface area contributed by atoms with Crippen LogP contribution in [0.4, 0.5) is 0 Å². The number of methoxy groups -OCH3 is 1. The Balaban J connectivity index is 1.77. The third-order valence-electron chi connectivity index (χ3n) is 4.16. The summed E-state index contributed by atoms with van der Waals surface area (Å²) in [6, 6.07) is 7.55. The monoisotopic (exact) mass is 324 g/mol. The highest BCUT2D eigenvalue weighted by molar-refractivity contribution is 5.98. The fraction of sp³-hybridized carbons (Fsp3) is 0.278. The second kappa shape index (κ2) is 6.70. The topological polar surface area (TPSA) is 71.1 Å². The van der Waals surface area contributed by atoms with Gasteiger partial charge in [0, 0.05) is 49.0 Å². The van der Waals surface area contributed by atoms with Gasteiger partial charge in [-0.15, -0.1) is 0 Å². The van der Waals surface area contributed by atoms with E-state index in [4.69, 9.17) is 4.74 Å². The number of benzene rings is 1. The van der Waals surface area contributed by atoms with E-state index in [1.165, 1.54) is 0 Å². The molecule has 0 aliphatic rings. The molecule has 0 radical (unpaired) electrons. The van der Waals surface area contributed by atoms with Gasteiger partial charge in [0.2, 0.25) is 0 Å². The van der Waals surface area contributed by atoms with E-state index in [2.05, 4.69) is 15.0 Å². The molecular weight excluding hydrogens is 304 g/mol. The summed E-state index contributed by atoms with van der Waals surface area (Å²) >= 11 is 0. The molecule has 1 aromatic carbocycles. The number of carbonyl (C=O) groups excluding carboxylic acids is 1. The number of ether oxygens (including phenoxy) is 1. The minimum absolute atomic E-state index is 0.00940. The highest BCUT2D eigenvalue weighted by Gasteiger charge is 2.20. The molecule has 1 atom stereocenters. The molecule has 0 saturated carbocycles. The number of rotatable bonds is 5. The van der Waals surface area contributed by atoms with Gasteiger partial charge in [0.05, 0.1) is 12.8 Å². The van der Waals surface area contributed by atoms with E-state index < -0.39 is 0 Å². The maximum Gasteiger partial charge on any atom is 0.270 e. The minimum atomic E-state index is -0.0541. The summed E-state index contributed by atoms with van der Waals surface area (Å²) < 4.78 is 5.22. The Morgan fingerprint density at radius 3 is 2.88 bits per heavy atom. The number of aromatic nitrogens is 3. The molecule has 124 valence electrons. The largest absolute Gasteiger partial charge is 0.497 e. The molecule has 0 bridgehead atoms. The van der Waals surface area contributed by atoms with Gasteiger partial charge in [-0.3, -0.25) is 14.8 Å². The van der Waals surface area contributed by atoms with Crippen molar-refractivity contribution in [2.24, 2.45) is 0 Å². The summed E-state index contributed by atoms with van der Waals surface area (Å²) in [4.78, 5) is 25.9. The molecule has 0 saturated heterocycles. The van der Waals surface area contributed by atoms with Crippen LogP contribution in [0, 0.1) is 0 Å². The SMILES string of the molecule is COc1ccc2[nH]c(C(=O)N(C)C(C)Cc3cnccn3)cc2c1. The normalized spacial score (nSPS) is 12.1. The highest BCUT2D eigenvalue weighted by Crippen LogP contribution is 2.22. The lowest BCUT2D eigenvalue weighted by Gasteiger charge is -2.24. The van der Waals surface area contributed by atoms with Gasteiger partial charge in [-0.25, -0.2) is 0 Å². The summed E-state index contributed by atoms with van der Waals surface area (Å²) in [7, 11) is 3.43. The first-order valence-corrected chi connectivity index (χ1v) is 7.77. The maximum absolute atomic E-state index is 12.7. The van der Waals surface area contributed by atoms with Crippen molar-refractivity contribution < 1.29 is 9.53 Å². The quantitative estimate of drug-likeness (QED) is 0.783. The standard InChI is InChI=1S/C18H20N4O2/c1-12(8-14-11-19-6-7-20-14)22(2)18(23)17-10-13-9-15(24-3)4-5-16(13)21-17/h4-7,9-12,21H,8H2,1-3H3. The van der Waals surface area contributed by atoms with Gasteiger partial charge in [-0.2, -0.15) is 0 Å². The van der Waals surface area contributed by atoms with Crippen molar-refractivity contribution in [2.75, 3.05) is 14.2 Å². The molecular formula is C18H20N4O2. The molecule has 1 unspecified atom stereocenters. The Hall–Kier alpha value is -2.89. The molecule has 3 rings (SSSR count). The molecule has 2 heterocycles. The molecule has 6 nitrogen and oxygen atoms in total. The Morgan fingerprint density at radius 1 is 1.33 bits per heavy atom. The van der Waals surface area contributed by atoms with Gasteiger partial charge >= 0.3 is 0 Å². The summed E-state index contributed by atoms with van der Waals surface area (Å²) in [5, 5.41) is 0.952. The second-order valence-corrected chi connectivity index (χ2v) is 5.80. The maximum atomic E-state index is 12.7. The average molecular weight is 324 g/mol. The molecule has 1 amide bonds. The third-order valence-corrected chi connectivity index (χ3v) is 4.16. The van der Waals surface area contributed by atoms with Crippen molar-refractivity contribution in [3.05, 3.63) is 54.2 Å². The van der Waals surface area contributed by atoms with Gasteiger partial charge in [-0.1, -0.05) is 0 Å². The van der Waals surface area contributed by atoms with E-state index in [9.17, 15) is 4.79 Å². The van der Waals surface area contributed by atoms with Crippen molar-refractivity contribution in [2.45, 2.75) is 19.4 Å². The fourth-order valence-electron chi connectivity index (χ4n) is 2.62. The van der Waals surface area contributed by atoms with E-state index in [-0.39, 0.29) is 11.9 Å². The van der Waals surface area contributed by atoms with Gasteiger partial charge < -0.3 is 14.6 Å². The zero-order chi connectivity index (χ0) is 17.1.